The number of nitrogens with one attached hydrogen (secondary N) is 1. The summed E-state index contributed by atoms with van der Waals surface area (Å²) in [6.07, 6.45) is 3.07. The number of nitriles is 1. The quantitative estimate of drug-likeness (QED) is 0.0653. The van der Waals surface area contributed by atoms with Gasteiger partial charge in [-0.05, 0) is 40.0 Å². The molecule has 1 aliphatic rings. The van der Waals surface area contributed by atoms with Crippen LogP contribution in [0.4, 0.5) is 5.95 Å². The summed E-state index contributed by atoms with van der Waals surface area (Å²) in [7, 11) is 6.11. The zero-order valence-corrected chi connectivity index (χ0v) is 30.1. The van der Waals surface area contributed by atoms with Crippen molar-refractivity contribution in [1.82, 2.24) is 29.1 Å². The van der Waals surface area contributed by atoms with E-state index in [4.69, 9.17) is 9.26 Å². The Morgan fingerprint density at radius 1 is 1.27 bits per heavy atom. The van der Waals surface area contributed by atoms with Crippen LogP contribution in [0, 0.1) is 23.2 Å². The number of aromatic amines is 1. The molecule has 0 amide bonds. The number of hydrogen-bond acceptors (Lipinski definition) is 10. The maximum absolute atomic E-state index is 13.1. The van der Waals surface area contributed by atoms with Crippen LogP contribution in [0.15, 0.2) is 9.79 Å². The van der Waals surface area contributed by atoms with E-state index in [1.807, 2.05) is 18.7 Å². The number of rotatable bonds is 13. The Balaban J connectivity index is 2.03. The molecule has 0 unspecified atom stereocenters. The van der Waals surface area contributed by atoms with Crippen molar-refractivity contribution in [3.63, 3.8) is 0 Å². The fraction of sp³-hybridized carbons (Fsp3) is 0.700. The topological polar surface area (TPSA) is 125 Å². The van der Waals surface area contributed by atoms with E-state index in [1.165, 1.54) is 0 Å². The highest BCUT2D eigenvalue weighted by Gasteiger charge is 2.41. The summed E-state index contributed by atoms with van der Waals surface area (Å²) in [5, 5.41) is 9.38. The summed E-state index contributed by atoms with van der Waals surface area (Å²) < 4.78 is 17.8. The molecule has 11 nitrogen and oxygen atoms in total. The third kappa shape index (κ3) is 9.94. The lowest BCUT2D eigenvalue weighted by molar-refractivity contribution is -0.0144. The van der Waals surface area contributed by atoms with Crippen molar-refractivity contribution < 1.29 is 9.26 Å². The lowest BCUT2D eigenvalue weighted by Gasteiger charge is -2.38. The Morgan fingerprint density at radius 3 is 2.57 bits per heavy atom. The average Bonchev–Trinajstić information content (AvgIpc) is 3.50. The van der Waals surface area contributed by atoms with E-state index in [9.17, 15) is 10.1 Å². The van der Waals surface area contributed by atoms with Crippen molar-refractivity contribution in [3.05, 3.63) is 16.2 Å². The minimum atomic E-state index is -1.04. The van der Waals surface area contributed by atoms with Gasteiger partial charge in [0, 0.05) is 49.9 Å². The van der Waals surface area contributed by atoms with Gasteiger partial charge in [0.25, 0.3) is 5.56 Å². The van der Waals surface area contributed by atoms with Gasteiger partial charge in [-0.2, -0.15) is 10.2 Å². The molecular weight excluding hydrogens is 615 g/mol. The summed E-state index contributed by atoms with van der Waals surface area (Å²) in [5.74, 6) is 7.61. The van der Waals surface area contributed by atoms with E-state index in [0.29, 0.717) is 36.2 Å². The van der Waals surface area contributed by atoms with Crippen LogP contribution in [-0.4, -0.2) is 90.5 Å². The largest absolute Gasteiger partial charge is 0.369 e. The number of H-pyrrole nitrogens is 1. The SMILES string of the molecule is CC[C@H]1O[C@@H](n2c(C#CCSSC(C)(C)C)nc3c(=O)[nH]c(/N=C/N(C)C)nc32)C[C@@H]1O[P@@](CCC#N)N(C(C)C)C(C)C. The van der Waals surface area contributed by atoms with E-state index < -0.39 is 14.5 Å². The second-order valence-corrected chi connectivity index (χ2v) is 17.3. The molecular formula is C30H47N8O3PS2. The summed E-state index contributed by atoms with van der Waals surface area (Å²) in [4.78, 5) is 31.3. The second-order valence-electron chi connectivity index (χ2n) is 12.3. The van der Waals surface area contributed by atoms with Crippen molar-refractivity contribution in [2.45, 2.75) is 110 Å². The van der Waals surface area contributed by atoms with E-state index in [0.717, 1.165) is 6.42 Å². The highest BCUT2D eigenvalue weighted by Crippen LogP contribution is 2.50. The van der Waals surface area contributed by atoms with Gasteiger partial charge in [-0.15, -0.1) is 0 Å². The molecule has 1 fully saturated rings. The van der Waals surface area contributed by atoms with Gasteiger partial charge in [-0.3, -0.25) is 19.0 Å². The molecule has 242 valence electrons. The van der Waals surface area contributed by atoms with Crippen molar-refractivity contribution >= 4 is 53.3 Å². The Labute approximate surface area is 271 Å². The number of imidazole rings is 1. The third-order valence-corrected chi connectivity index (χ3v) is 12.1. The predicted octanol–water partition coefficient (Wildman–Crippen LogP) is 6.30. The van der Waals surface area contributed by atoms with Crippen LogP contribution in [0.3, 0.4) is 0 Å². The molecule has 0 radical (unpaired) electrons. The summed E-state index contributed by atoms with van der Waals surface area (Å²) in [6.45, 7) is 17.2. The first kappa shape index (κ1) is 36.3. The monoisotopic (exact) mass is 662 g/mol. The number of hydrogen-bond donors (Lipinski definition) is 1. The van der Waals surface area contributed by atoms with Crippen LogP contribution in [0.1, 0.15) is 86.7 Å². The van der Waals surface area contributed by atoms with Gasteiger partial charge in [0.2, 0.25) is 5.95 Å². The minimum Gasteiger partial charge on any atom is -0.369 e. The second kappa shape index (κ2) is 16.4. The molecule has 44 heavy (non-hydrogen) atoms. The first-order valence-electron chi connectivity index (χ1n) is 15.0. The normalized spacial score (nSPS) is 19.7. The first-order chi connectivity index (χ1) is 20.7. The molecule has 0 aliphatic carbocycles. The zero-order valence-electron chi connectivity index (χ0n) is 27.6. The van der Waals surface area contributed by atoms with Gasteiger partial charge in [-0.25, -0.2) is 9.98 Å². The van der Waals surface area contributed by atoms with Gasteiger partial charge < -0.3 is 14.2 Å². The molecule has 14 heteroatoms. The van der Waals surface area contributed by atoms with Gasteiger partial charge in [0.15, 0.2) is 17.0 Å². The highest BCUT2D eigenvalue weighted by molar-refractivity contribution is 8.77. The van der Waals surface area contributed by atoms with Crippen LogP contribution in [-0.2, 0) is 9.26 Å². The van der Waals surface area contributed by atoms with Crippen LogP contribution < -0.4 is 5.56 Å². The standard InChI is InChI=1S/C30H47N8O3PS2/c1-11-22-23(41-42(16-13-15-31)38(20(2)3)21(4)5)18-25(40-22)37-24(14-12-17-43-44-30(6,7)8)33-26-27(37)34-29(35-28(26)39)32-19-36(9)10/h19-23,25H,11,13,16-18H2,1-10H3,(H,34,35,39)/b32-19+/t22-,23+,25-,42+/m1/s1. The molecule has 1 aliphatic heterocycles. The molecule has 1 N–H and O–H groups in total. The lowest BCUT2D eigenvalue weighted by Crippen LogP contribution is -2.35. The van der Waals surface area contributed by atoms with Crippen LogP contribution in [0.5, 0.6) is 0 Å². The van der Waals surface area contributed by atoms with Gasteiger partial charge in [0.05, 0.1) is 30.4 Å². The molecule has 0 spiro atoms. The molecule has 3 heterocycles. The molecule has 4 atom stereocenters. The molecule has 3 rings (SSSR count). The number of aliphatic imine (C=N–C) groups is 1. The molecule has 2 aromatic rings. The summed E-state index contributed by atoms with van der Waals surface area (Å²) in [5.41, 5.74) is 0.180. The summed E-state index contributed by atoms with van der Waals surface area (Å²) >= 11 is 0. The van der Waals surface area contributed by atoms with Crippen molar-refractivity contribution in [2.75, 3.05) is 26.0 Å². The first-order valence-corrected chi connectivity index (χ1v) is 18.7. The zero-order chi connectivity index (χ0) is 32.6. The molecule has 2 aromatic heterocycles. The third-order valence-electron chi connectivity index (χ3n) is 6.45. The Bertz CT molecular complexity index is 1430. The molecule has 1 saturated heterocycles. The smallest absolute Gasteiger partial charge is 0.280 e. The maximum atomic E-state index is 13.1. The van der Waals surface area contributed by atoms with E-state index in [1.54, 1.807) is 32.8 Å². The van der Waals surface area contributed by atoms with Gasteiger partial charge >= 0.3 is 0 Å². The average molecular weight is 663 g/mol. The number of nitrogens with zero attached hydrogens (tertiary/aromatic N) is 7. The predicted molar refractivity (Wildman–Crippen MR) is 184 cm³/mol. The number of fused-ring (bicyclic) bond motifs is 1. The van der Waals surface area contributed by atoms with Gasteiger partial charge in [-0.1, -0.05) is 55.2 Å². The molecule has 0 aromatic carbocycles. The van der Waals surface area contributed by atoms with E-state index in [2.05, 4.69) is 97.9 Å². The van der Waals surface area contributed by atoms with Gasteiger partial charge in [0.1, 0.15) is 14.5 Å². The van der Waals surface area contributed by atoms with E-state index >= 15 is 0 Å². The van der Waals surface area contributed by atoms with Crippen LogP contribution in [0.2, 0.25) is 0 Å². The van der Waals surface area contributed by atoms with E-state index in [-0.39, 0.29) is 46.1 Å². The minimum absolute atomic E-state index is 0.120. The van der Waals surface area contributed by atoms with Crippen molar-refractivity contribution in [2.24, 2.45) is 4.99 Å². The lowest BCUT2D eigenvalue weighted by atomic mass is 10.1. The Morgan fingerprint density at radius 2 is 1.98 bits per heavy atom. The Hall–Kier alpha value is -2.12. The van der Waals surface area contributed by atoms with Crippen molar-refractivity contribution in [3.8, 4) is 17.9 Å². The fourth-order valence-corrected chi connectivity index (χ4v) is 9.14. The fourth-order valence-electron chi connectivity index (χ4n) is 4.88. The van der Waals surface area contributed by atoms with Crippen molar-refractivity contribution in [1.29, 1.82) is 5.26 Å². The number of aromatic nitrogens is 4. The van der Waals surface area contributed by atoms with Crippen LogP contribution in [0.25, 0.3) is 11.2 Å². The maximum Gasteiger partial charge on any atom is 0.280 e. The highest BCUT2D eigenvalue weighted by atomic mass is 33.1. The molecule has 0 bridgehead atoms. The van der Waals surface area contributed by atoms with Crippen LogP contribution >= 0.6 is 29.9 Å². The summed E-state index contributed by atoms with van der Waals surface area (Å²) in [6, 6.07) is 2.83. The molecule has 0 saturated carbocycles. The number of ether oxygens (including phenoxy) is 1. The Kier molecular flexibility index (Phi) is 13.6.